The molecule has 11 heteroatoms. The summed E-state index contributed by atoms with van der Waals surface area (Å²) in [6.07, 6.45) is 1.21. The van der Waals surface area contributed by atoms with Crippen LogP contribution in [-0.4, -0.2) is 44.1 Å². The van der Waals surface area contributed by atoms with Gasteiger partial charge in [0.15, 0.2) is 0 Å². The molecule has 10 nitrogen and oxygen atoms in total. The number of rotatable bonds is 10. The second-order valence-electron chi connectivity index (χ2n) is 7.39. The van der Waals surface area contributed by atoms with Crippen LogP contribution in [0.15, 0.2) is 82.8 Å². The van der Waals surface area contributed by atoms with Gasteiger partial charge < -0.3 is 4.74 Å². The number of carbonyl (C=O) groups excluding carboxylic acids is 1. The van der Waals surface area contributed by atoms with E-state index >= 15 is 0 Å². The Labute approximate surface area is 203 Å². The standard InChI is InChI=1S/C24H26N4O6S/c1-3-34-21-12-14-22(15-13-21)35(32,33)27(20-10-8-18(2)9-11-20)17-24(29)26-25-16-19-6-4-5-7-23(19)28(30)31/h4-16,30-31H,3,17H2,1-2H3,(H,26,29). The van der Waals surface area contributed by atoms with E-state index in [4.69, 9.17) is 4.74 Å². The molecule has 0 fully saturated rings. The van der Waals surface area contributed by atoms with Crippen LogP contribution in [0, 0.1) is 6.92 Å². The first-order valence-corrected chi connectivity index (χ1v) is 12.1. The molecule has 0 radical (unpaired) electrons. The zero-order chi connectivity index (χ0) is 25.4. The topological polar surface area (TPSA) is 132 Å². The lowest BCUT2D eigenvalue weighted by atomic mass is 10.2. The number of aryl methyl sites for hydroxylation is 1. The number of ether oxygens (including phenoxy) is 1. The van der Waals surface area contributed by atoms with Crippen LogP contribution in [0.5, 0.6) is 5.75 Å². The molecule has 3 aromatic carbocycles. The van der Waals surface area contributed by atoms with E-state index in [2.05, 4.69) is 10.5 Å². The fourth-order valence-corrected chi connectivity index (χ4v) is 4.57. The van der Waals surface area contributed by atoms with Gasteiger partial charge in [-0.05, 0) is 56.3 Å². The van der Waals surface area contributed by atoms with Crippen molar-refractivity contribution in [3.05, 3.63) is 83.9 Å². The lowest BCUT2D eigenvalue weighted by molar-refractivity contribution is -0.119. The van der Waals surface area contributed by atoms with Gasteiger partial charge >= 0.3 is 0 Å². The first kappa shape index (κ1) is 25.7. The van der Waals surface area contributed by atoms with Gasteiger partial charge in [-0.3, -0.25) is 19.5 Å². The molecule has 1 amide bonds. The summed E-state index contributed by atoms with van der Waals surface area (Å²) in [6.45, 7) is 3.60. The fourth-order valence-electron chi connectivity index (χ4n) is 3.15. The Morgan fingerprint density at radius 2 is 1.69 bits per heavy atom. The predicted molar refractivity (Wildman–Crippen MR) is 132 cm³/mol. The molecule has 35 heavy (non-hydrogen) atoms. The lowest BCUT2D eigenvalue weighted by Crippen LogP contribution is -2.39. The zero-order valence-electron chi connectivity index (χ0n) is 19.2. The second kappa shape index (κ2) is 11.5. The predicted octanol–water partition coefficient (Wildman–Crippen LogP) is 3.32. The van der Waals surface area contributed by atoms with Gasteiger partial charge in [0.05, 0.1) is 23.4 Å². The number of hydrogen-bond acceptors (Lipinski definition) is 8. The summed E-state index contributed by atoms with van der Waals surface area (Å²) >= 11 is 0. The highest BCUT2D eigenvalue weighted by atomic mass is 32.2. The Balaban J connectivity index is 1.84. The number of hydrogen-bond donors (Lipinski definition) is 3. The SMILES string of the molecule is CCOc1ccc(S(=O)(=O)N(CC(=O)NN=Cc2ccccc2N(O)O)c2ccc(C)cc2)cc1. The van der Waals surface area contributed by atoms with Gasteiger partial charge in [0.2, 0.25) is 0 Å². The summed E-state index contributed by atoms with van der Waals surface area (Å²) in [4.78, 5) is 12.7. The minimum absolute atomic E-state index is 0.00209. The molecule has 0 saturated heterocycles. The molecule has 3 aromatic rings. The Hall–Kier alpha value is -3.93. The third-order valence-corrected chi connectivity index (χ3v) is 6.67. The molecule has 3 rings (SSSR count). The quantitative estimate of drug-likeness (QED) is 0.289. The van der Waals surface area contributed by atoms with Crippen molar-refractivity contribution in [2.75, 3.05) is 22.7 Å². The molecule has 0 aliphatic carbocycles. The van der Waals surface area contributed by atoms with Crippen molar-refractivity contribution >= 4 is 33.5 Å². The summed E-state index contributed by atoms with van der Waals surface area (Å²) in [5.74, 6) is -0.163. The number of benzene rings is 3. The largest absolute Gasteiger partial charge is 0.494 e. The Kier molecular flexibility index (Phi) is 8.42. The molecule has 0 aliphatic rings. The lowest BCUT2D eigenvalue weighted by Gasteiger charge is -2.24. The van der Waals surface area contributed by atoms with Gasteiger partial charge in [-0.15, -0.1) is 5.23 Å². The molecule has 0 bridgehead atoms. The smallest absolute Gasteiger partial charge is 0.264 e. The monoisotopic (exact) mass is 498 g/mol. The number of para-hydroxylation sites is 1. The molecule has 0 unspecified atom stereocenters. The molecular formula is C24H26N4O6S. The average Bonchev–Trinajstić information content (AvgIpc) is 2.84. The first-order valence-electron chi connectivity index (χ1n) is 10.6. The number of sulfonamides is 1. The van der Waals surface area contributed by atoms with E-state index in [0.717, 1.165) is 9.87 Å². The van der Waals surface area contributed by atoms with E-state index in [1.54, 1.807) is 54.6 Å². The van der Waals surface area contributed by atoms with Crippen molar-refractivity contribution in [2.45, 2.75) is 18.7 Å². The Bertz CT molecular complexity index is 1280. The molecule has 0 heterocycles. The summed E-state index contributed by atoms with van der Waals surface area (Å²) in [6, 6.07) is 18.9. The van der Waals surface area contributed by atoms with Crippen molar-refractivity contribution in [3.63, 3.8) is 0 Å². The normalized spacial score (nSPS) is 11.3. The van der Waals surface area contributed by atoms with Crippen LogP contribution in [0.4, 0.5) is 11.4 Å². The number of amides is 1. The highest BCUT2D eigenvalue weighted by molar-refractivity contribution is 7.92. The number of anilines is 2. The summed E-state index contributed by atoms with van der Waals surface area (Å²) in [5, 5.41) is 22.3. The van der Waals surface area contributed by atoms with Gasteiger partial charge in [0, 0.05) is 5.56 Å². The van der Waals surface area contributed by atoms with Crippen molar-refractivity contribution in [1.82, 2.24) is 5.43 Å². The van der Waals surface area contributed by atoms with Crippen molar-refractivity contribution in [1.29, 1.82) is 0 Å². The van der Waals surface area contributed by atoms with Crippen LogP contribution in [0.25, 0.3) is 0 Å². The number of hydrazone groups is 1. The highest BCUT2D eigenvalue weighted by Crippen LogP contribution is 2.25. The van der Waals surface area contributed by atoms with Crippen LogP contribution in [0.3, 0.4) is 0 Å². The van der Waals surface area contributed by atoms with Gasteiger partial charge in [0.1, 0.15) is 18.0 Å². The second-order valence-corrected chi connectivity index (χ2v) is 9.26. The van der Waals surface area contributed by atoms with Crippen molar-refractivity contribution in [3.8, 4) is 5.75 Å². The maximum atomic E-state index is 13.4. The molecule has 0 aliphatic heterocycles. The van der Waals surface area contributed by atoms with E-state index in [1.165, 1.54) is 24.4 Å². The molecule has 0 aromatic heterocycles. The minimum atomic E-state index is -4.10. The molecule has 0 spiro atoms. The van der Waals surface area contributed by atoms with Crippen LogP contribution in [-0.2, 0) is 14.8 Å². The van der Waals surface area contributed by atoms with Crippen molar-refractivity contribution in [2.24, 2.45) is 5.10 Å². The maximum Gasteiger partial charge on any atom is 0.264 e. The Morgan fingerprint density at radius 1 is 1.03 bits per heavy atom. The van der Waals surface area contributed by atoms with Crippen molar-refractivity contribution < 1.29 is 28.4 Å². The van der Waals surface area contributed by atoms with Crippen LogP contribution in [0.2, 0.25) is 0 Å². The molecule has 0 saturated carbocycles. The van der Waals surface area contributed by atoms with E-state index in [9.17, 15) is 23.6 Å². The third kappa shape index (κ3) is 6.57. The average molecular weight is 499 g/mol. The van der Waals surface area contributed by atoms with E-state index in [-0.39, 0.29) is 15.8 Å². The Morgan fingerprint density at radius 3 is 2.31 bits per heavy atom. The van der Waals surface area contributed by atoms with Gasteiger partial charge in [0.25, 0.3) is 15.9 Å². The maximum absolute atomic E-state index is 13.4. The van der Waals surface area contributed by atoms with E-state index < -0.39 is 22.5 Å². The summed E-state index contributed by atoms with van der Waals surface area (Å²) < 4.78 is 33.3. The number of carbonyl (C=O) groups is 1. The first-order chi connectivity index (χ1) is 16.7. The molecule has 184 valence electrons. The third-order valence-electron chi connectivity index (χ3n) is 4.88. The number of nitrogens with zero attached hydrogens (tertiary/aromatic N) is 3. The zero-order valence-corrected chi connectivity index (χ0v) is 20.0. The van der Waals surface area contributed by atoms with Gasteiger partial charge in [-0.1, -0.05) is 35.9 Å². The molecular weight excluding hydrogens is 472 g/mol. The summed E-state index contributed by atoms with van der Waals surface area (Å²) in [7, 11) is -4.10. The van der Waals surface area contributed by atoms with Gasteiger partial charge in [-0.25, -0.2) is 13.8 Å². The minimum Gasteiger partial charge on any atom is -0.494 e. The van der Waals surface area contributed by atoms with Crippen LogP contribution < -0.4 is 19.7 Å². The molecule has 3 N–H and O–H groups in total. The summed E-state index contributed by atoms with van der Waals surface area (Å²) in [5.41, 5.74) is 3.88. The van der Waals surface area contributed by atoms with Crippen LogP contribution >= 0.6 is 0 Å². The fraction of sp³-hybridized carbons (Fsp3) is 0.167. The van der Waals surface area contributed by atoms with Gasteiger partial charge in [-0.2, -0.15) is 5.10 Å². The number of nitrogens with one attached hydrogen (secondary N) is 1. The molecule has 0 atom stereocenters. The van der Waals surface area contributed by atoms with E-state index in [1.807, 2.05) is 13.8 Å². The van der Waals surface area contributed by atoms with E-state index in [0.29, 0.717) is 23.6 Å². The highest BCUT2D eigenvalue weighted by Gasteiger charge is 2.27. The van der Waals surface area contributed by atoms with Crippen LogP contribution in [0.1, 0.15) is 18.1 Å².